The normalized spacial score (nSPS) is 23.5. The van der Waals surface area contributed by atoms with Gasteiger partial charge < -0.3 is 9.47 Å². The third-order valence-corrected chi connectivity index (χ3v) is 5.35. The molecule has 0 aliphatic heterocycles. The Kier molecular flexibility index (Phi) is 3.91. The van der Waals surface area contributed by atoms with Gasteiger partial charge in [-0.05, 0) is 42.7 Å². The van der Waals surface area contributed by atoms with Gasteiger partial charge in [0.05, 0.1) is 19.6 Å². The molecule has 1 aromatic rings. The molecule has 4 heteroatoms. The van der Waals surface area contributed by atoms with Crippen molar-refractivity contribution < 1.29 is 19.1 Å². The van der Waals surface area contributed by atoms with E-state index in [1.807, 2.05) is 18.2 Å². The lowest BCUT2D eigenvalue weighted by atomic mass is 9.82. The van der Waals surface area contributed by atoms with Crippen LogP contribution < -0.4 is 0 Å². The molecule has 0 spiro atoms. The second-order valence-electron chi connectivity index (χ2n) is 6.96. The number of rotatable bonds is 5. The minimum absolute atomic E-state index is 0.00602. The van der Waals surface area contributed by atoms with Gasteiger partial charge in [-0.25, -0.2) is 0 Å². The molecular formula is C20H22O4. The van der Waals surface area contributed by atoms with E-state index >= 15 is 0 Å². The third-order valence-electron chi connectivity index (χ3n) is 5.35. The molecule has 0 aromatic heterocycles. The molecule has 3 aliphatic carbocycles. The van der Waals surface area contributed by atoms with Gasteiger partial charge in [0, 0.05) is 18.4 Å². The molecule has 4 nitrogen and oxygen atoms in total. The van der Waals surface area contributed by atoms with Crippen molar-refractivity contribution in [2.24, 2.45) is 5.92 Å². The highest BCUT2D eigenvalue weighted by Gasteiger charge is 2.37. The number of carbonyl (C=O) groups is 2. The number of ether oxygens (including phenoxy) is 2. The molecule has 1 aromatic carbocycles. The average Bonchev–Trinajstić information content (AvgIpc) is 3.35. The van der Waals surface area contributed by atoms with Crippen LogP contribution in [0.15, 0.2) is 29.7 Å². The second kappa shape index (κ2) is 6.08. The van der Waals surface area contributed by atoms with Crippen LogP contribution >= 0.6 is 0 Å². The molecule has 1 saturated carbocycles. The lowest BCUT2D eigenvalue weighted by Gasteiger charge is -2.26. The van der Waals surface area contributed by atoms with Gasteiger partial charge >= 0.3 is 0 Å². The zero-order valence-electron chi connectivity index (χ0n) is 14.0. The smallest absolute Gasteiger partial charge is 0.208 e. The maximum absolute atomic E-state index is 13.1. The number of hydrogen-bond donors (Lipinski definition) is 0. The van der Waals surface area contributed by atoms with Crippen molar-refractivity contribution in [1.29, 1.82) is 0 Å². The Balaban J connectivity index is 1.64. The van der Waals surface area contributed by atoms with E-state index in [1.165, 1.54) is 12.8 Å². The summed E-state index contributed by atoms with van der Waals surface area (Å²) >= 11 is 0. The first-order chi connectivity index (χ1) is 11.7. The predicted molar refractivity (Wildman–Crippen MR) is 88.8 cm³/mol. The fourth-order valence-electron chi connectivity index (χ4n) is 3.79. The molecule has 4 rings (SSSR count). The van der Waals surface area contributed by atoms with E-state index in [2.05, 4.69) is 0 Å². The van der Waals surface area contributed by atoms with Crippen LogP contribution in [0.5, 0.6) is 0 Å². The van der Waals surface area contributed by atoms with Crippen molar-refractivity contribution in [2.45, 2.75) is 44.4 Å². The Morgan fingerprint density at radius 2 is 1.92 bits per heavy atom. The zero-order chi connectivity index (χ0) is 16.7. The maximum Gasteiger partial charge on any atom is 0.208 e. The van der Waals surface area contributed by atoms with Crippen LogP contribution in [0.2, 0.25) is 0 Å². The van der Waals surface area contributed by atoms with E-state index in [0.717, 1.165) is 23.1 Å². The summed E-state index contributed by atoms with van der Waals surface area (Å²) in [5.74, 6) is 1.63. The van der Waals surface area contributed by atoms with Gasteiger partial charge in [0.2, 0.25) is 11.5 Å². The number of allylic oxidation sites excluding steroid dienone is 2. The fraction of sp³-hybridized carbons (Fsp3) is 0.500. The quantitative estimate of drug-likeness (QED) is 0.830. The van der Waals surface area contributed by atoms with E-state index in [0.29, 0.717) is 43.3 Å². The zero-order valence-corrected chi connectivity index (χ0v) is 14.0. The summed E-state index contributed by atoms with van der Waals surface area (Å²) in [6.45, 7) is 0.603. The van der Waals surface area contributed by atoms with E-state index in [-0.39, 0.29) is 17.5 Å². The van der Waals surface area contributed by atoms with Crippen LogP contribution in [0.25, 0.3) is 0 Å². The number of Topliss-reactive ketones (excluding diaryl/α,β-unsaturated/α-hetero) is 2. The van der Waals surface area contributed by atoms with Crippen LogP contribution in [0.1, 0.15) is 59.5 Å². The fourth-order valence-corrected chi connectivity index (χ4v) is 3.79. The molecule has 0 saturated heterocycles. The Morgan fingerprint density at radius 1 is 1.08 bits per heavy atom. The molecule has 1 atom stereocenters. The van der Waals surface area contributed by atoms with Crippen molar-refractivity contribution in [1.82, 2.24) is 0 Å². The first-order valence-electron chi connectivity index (χ1n) is 8.78. The molecular weight excluding hydrogens is 304 g/mol. The molecule has 3 aliphatic rings. The van der Waals surface area contributed by atoms with Gasteiger partial charge in [-0.2, -0.15) is 0 Å². The summed E-state index contributed by atoms with van der Waals surface area (Å²) in [6, 6.07) is 5.77. The van der Waals surface area contributed by atoms with E-state index < -0.39 is 0 Å². The minimum Gasteiger partial charge on any atom is -0.497 e. The highest BCUT2D eigenvalue weighted by molar-refractivity contribution is 6.03. The predicted octanol–water partition coefficient (Wildman–Crippen LogP) is 3.55. The van der Waals surface area contributed by atoms with Gasteiger partial charge in [-0.1, -0.05) is 18.2 Å². The van der Waals surface area contributed by atoms with Crippen LogP contribution in [0.4, 0.5) is 0 Å². The van der Waals surface area contributed by atoms with Gasteiger partial charge in [-0.15, -0.1) is 0 Å². The summed E-state index contributed by atoms with van der Waals surface area (Å²) in [6.07, 6.45) is 5.07. The first-order valence-corrected chi connectivity index (χ1v) is 8.78. The van der Waals surface area contributed by atoms with Crippen molar-refractivity contribution in [3.05, 3.63) is 46.4 Å². The Morgan fingerprint density at radius 3 is 2.67 bits per heavy atom. The topological polar surface area (TPSA) is 52.6 Å². The molecule has 24 heavy (non-hydrogen) atoms. The van der Waals surface area contributed by atoms with Gasteiger partial charge in [-0.3, -0.25) is 9.59 Å². The van der Waals surface area contributed by atoms with Crippen LogP contribution in [-0.4, -0.2) is 25.3 Å². The molecule has 0 amide bonds. The lowest BCUT2D eigenvalue weighted by molar-refractivity contribution is -0.122. The molecule has 0 bridgehead atoms. The van der Waals surface area contributed by atoms with Crippen molar-refractivity contribution in [3.63, 3.8) is 0 Å². The monoisotopic (exact) mass is 326 g/mol. The van der Waals surface area contributed by atoms with Crippen molar-refractivity contribution in [2.75, 3.05) is 13.7 Å². The largest absolute Gasteiger partial charge is 0.497 e. The summed E-state index contributed by atoms with van der Waals surface area (Å²) < 4.78 is 11.3. The standard InChI is InChI=1S/C20H22O4/c1-23-18-10-8-16(19(22)20(18)24-11-12-5-6-12)13-3-2-4-15-14(13)7-9-17(15)21/h2-4,12,16H,5-11H2,1H3. The molecule has 1 unspecified atom stereocenters. The molecule has 1 fully saturated rings. The molecule has 0 N–H and O–H groups in total. The van der Waals surface area contributed by atoms with Crippen LogP contribution in [-0.2, 0) is 20.7 Å². The lowest BCUT2D eigenvalue weighted by Crippen LogP contribution is -2.25. The molecule has 0 heterocycles. The van der Waals surface area contributed by atoms with Crippen LogP contribution in [0.3, 0.4) is 0 Å². The molecule has 126 valence electrons. The van der Waals surface area contributed by atoms with Crippen molar-refractivity contribution >= 4 is 11.6 Å². The SMILES string of the molecule is COC1=C(OCC2CC2)C(=O)C(c2cccc3c2CCC3=O)CC1. The van der Waals surface area contributed by atoms with E-state index in [9.17, 15) is 9.59 Å². The summed E-state index contributed by atoms with van der Waals surface area (Å²) in [4.78, 5) is 25.1. The number of hydrogen-bond acceptors (Lipinski definition) is 4. The summed E-state index contributed by atoms with van der Waals surface area (Å²) in [5, 5.41) is 0. The highest BCUT2D eigenvalue weighted by Crippen LogP contribution is 2.39. The number of fused-ring (bicyclic) bond motifs is 1. The third kappa shape index (κ3) is 2.64. The van der Waals surface area contributed by atoms with E-state index in [4.69, 9.17) is 9.47 Å². The number of benzene rings is 1. The second-order valence-corrected chi connectivity index (χ2v) is 6.96. The van der Waals surface area contributed by atoms with Gasteiger partial charge in [0.25, 0.3) is 0 Å². The average molecular weight is 326 g/mol. The number of carbonyl (C=O) groups excluding carboxylic acids is 2. The molecule has 0 radical (unpaired) electrons. The first kappa shape index (κ1) is 15.4. The Bertz CT molecular complexity index is 727. The summed E-state index contributed by atoms with van der Waals surface area (Å²) in [5.41, 5.74) is 2.86. The van der Waals surface area contributed by atoms with Crippen molar-refractivity contribution in [3.8, 4) is 0 Å². The number of ketones is 2. The summed E-state index contributed by atoms with van der Waals surface area (Å²) in [7, 11) is 1.60. The van der Waals surface area contributed by atoms with Crippen LogP contribution in [0, 0.1) is 5.92 Å². The van der Waals surface area contributed by atoms with E-state index in [1.54, 1.807) is 7.11 Å². The van der Waals surface area contributed by atoms with Gasteiger partial charge in [0.15, 0.2) is 5.78 Å². The van der Waals surface area contributed by atoms with Gasteiger partial charge in [0.1, 0.15) is 5.76 Å². The maximum atomic E-state index is 13.1. The Labute approximate surface area is 141 Å². The highest BCUT2D eigenvalue weighted by atomic mass is 16.5. The number of methoxy groups -OCH3 is 1. The minimum atomic E-state index is -0.223. The Hall–Kier alpha value is -2.10.